The molecule has 1 atom stereocenters. The lowest BCUT2D eigenvalue weighted by Gasteiger charge is -2.28. The summed E-state index contributed by atoms with van der Waals surface area (Å²) in [5, 5.41) is 0. The molecule has 1 aromatic carbocycles. The van der Waals surface area contributed by atoms with E-state index in [4.69, 9.17) is 0 Å². The Hall–Kier alpha value is -2.11. The highest BCUT2D eigenvalue weighted by molar-refractivity contribution is 5.82. The summed E-state index contributed by atoms with van der Waals surface area (Å²) >= 11 is 0. The minimum Gasteiger partial charge on any atom is -0.345 e. The van der Waals surface area contributed by atoms with Crippen LogP contribution in [0.15, 0.2) is 30.7 Å². The molecule has 2 aromatic rings. The van der Waals surface area contributed by atoms with Gasteiger partial charge in [0.25, 0.3) is 0 Å². The van der Waals surface area contributed by atoms with Gasteiger partial charge in [0.15, 0.2) is 0 Å². The summed E-state index contributed by atoms with van der Waals surface area (Å²) in [6.45, 7) is 1.80. The lowest BCUT2D eigenvalue weighted by Crippen LogP contribution is -2.29. The molecule has 3 rings (SSSR count). The van der Waals surface area contributed by atoms with Crippen molar-refractivity contribution in [2.45, 2.75) is 50.9 Å². The van der Waals surface area contributed by atoms with Crippen molar-refractivity contribution in [1.29, 1.82) is 0 Å². The fraction of sp³-hybridized carbons (Fsp3) is 0.474. The zero-order chi connectivity index (χ0) is 18.0. The first kappa shape index (κ1) is 17.7. The summed E-state index contributed by atoms with van der Waals surface area (Å²) in [5.74, 6) is -3.76. The molecule has 1 N–H and O–H groups in total. The Bertz CT molecular complexity index is 733. The molecule has 0 aliphatic heterocycles. The van der Waals surface area contributed by atoms with Crippen molar-refractivity contribution in [3.63, 3.8) is 0 Å². The number of ketones is 1. The van der Waals surface area contributed by atoms with Crippen molar-refractivity contribution in [1.82, 2.24) is 9.97 Å². The highest BCUT2D eigenvalue weighted by atomic mass is 19.3. The van der Waals surface area contributed by atoms with E-state index in [1.165, 1.54) is 12.4 Å². The molecule has 0 amide bonds. The van der Waals surface area contributed by atoms with Gasteiger partial charge in [-0.2, -0.15) is 0 Å². The Kier molecular flexibility index (Phi) is 4.97. The maximum absolute atomic E-state index is 14.4. The minimum atomic E-state index is -2.65. The van der Waals surface area contributed by atoms with Crippen LogP contribution in [-0.4, -0.2) is 21.7 Å². The van der Waals surface area contributed by atoms with Crippen LogP contribution in [0.25, 0.3) is 11.3 Å². The van der Waals surface area contributed by atoms with Crippen molar-refractivity contribution in [3.8, 4) is 11.3 Å². The second-order valence-electron chi connectivity index (χ2n) is 6.87. The lowest BCUT2D eigenvalue weighted by atomic mass is 9.80. The second-order valence-corrected chi connectivity index (χ2v) is 6.87. The summed E-state index contributed by atoms with van der Waals surface area (Å²) in [4.78, 5) is 19.4. The van der Waals surface area contributed by atoms with Gasteiger partial charge in [0.05, 0.1) is 18.2 Å². The fourth-order valence-corrected chi connectivity index (χ4v) is 3.61. The first-order chi connectivity index (χ1) is 11.9. The van der Waals surface area contributed by atoms with Gasteiger partial charge < -0.3 is 4.98 Å². The number of Topliss-reactive ketones (excluding diaryl/α,β-unsaturated/α-hetero) is 1. The molecule has 1 saturated carbocycles. The maximum atomic E-state index is 14.4. The number of aromatic nitrogens is 2. The molecule has 1 aromatic heterocycles. The summed E-state index contributed by atoms with van der Waals surface area (Å²) < 4.78 is 41.0. The zero-order valence-corrected chi connectivity index (χ0v) is 14.1. The summed E-state index contributed by atoms with van der Waals surface area (Å²) in [6.07, 6.45) is 3.22. The van der Waals surface area contributed by atoms with E-state index in [0.717, 1.165) is 0 Å². The molecule has 0 spiro atoms. The van der Waals surface area contributed by atoms with Crippen LogP contribution in [0, 0.1) is 11.7 Å². The van der Waals surface area contributed by atoms with E-state index < -0.39 is 5.92 Å². The quantitative estimate of drug-likeness (QED) is 0.815. The Balaban J connectivity index is 1.76. The normalized spacial score (nSPS) is 18.9. The number of nitrogens with zero attached hydrogens (tertiary/aromatic N) is 1. The fourth-order valence-electron chi connectivity index (χ4n) is 3.61. The molecule has 1 aliphatic rings. The zero-order valence-electron chi connectivity index (χ0n) is 14.1. The van der Waals surface area contributed by atoms with Gasteiger partial charge in [-0.25, -0.2) is 18.2 Å². The molecule has 1 fully saturated rings. The van der Waals surface area contributed by atoms with E-state index >= 15 is 0 Å². The maximum Gasteiger partial charge on any atom is 0.248 e. The number of carbonyl (C=O) groups excluding carboxylic acids is 1. The summed E-state index contributed by atoms with van der Waals surface area (Å²) in [7, 11) is 0. The largest absolute Gasteiger partial charge is 0.345 e. The van der Waals surface area contributed by atoms with E-state index in [1.807, 2.05) is 0 Å². The molecule has 25 heavy (non-hydrogen) atoms. The molecule has 1 aliphatic carbocycles. The van der Waals surface area contributed by atoms with E-state index in [9.17, 15) is 18.0 Å². The third kappa shape index (κ3) is 3.94. The lowest BCUT2D eigenvalue weighted by molar-refractivity contribution is -0.127. The number of H-pyrrole nitrogens is 1. The van der Waals surface area contributed by atoms with Gasteiger partial charge in [-0.1, -0.05) is 19.1 Å². The molecule has 134 valence electrons. The van der Waals surface area contributed by atoms with E-state index in [0.29, 0.717) is 16.8 Å². The molecular formula is C19H21F3N2O. The van der Waals surface area contributed by atoms with Crippen LogP contribution < -0.4 is 0 Å². The van der Waals surface area contributed by atoms with Crippen LogP contribution >= 0.6 is 0 Å². The number of rotatable bonds is 5. The molecule has 0 bridgehead atoms. The molecule has 1 unspecified atom stereocenters. The van der Waals surface area contributed by atoms with Crippen molar-refractivity contribution < 1.29 is 18.0 Å². The van der Waals surface area contributed by atoms with E-state index in [1.54, 1.807) is 25.3 Å². The van der Waals surface area contributed by atoms with Crippen LogP contribution in [-0.2, 0) is 4.79 Å². The van der Waals surface area contributed by atoms with Crippen molar-refractivity contribution in [3.05, 3.63) is 42.1 Å². The number of halogens is 3. The summed E-state index contributed by atoms with van der Waals surface area (Å²) in [6, 6.07) is 4.78. The molecule has 6 heteroatoms. The van der Waals surface area contributed by atoms with Crippen LogP contribution in [0.3, 0.4) is 0 Å². The van der Waals surface area contributed by atoms with Gasteiger partial charge in [-0.3, -0.25) is 4.79 Å². The van der Waals surface area contributed by atoms with E-state index in [-0.39, 0.29) is 55.5 Å². The molecule has 1 heterocycles. The number of carbonyl (C=O) groups is 1. The summed E-state index contributed by atoms with van der Waals surface area (Å²) in [5.41, 5.74) is 1.82. The van der Waals surface area contributed by atoms with E-state index in [2.05, 4.69) is 9.97 Å². The van der Waals surface area contributed by atoms with Gasteiger partial charge in [0, 0.05) is 36.3 Å². The Labute approximate surface area is 144 Å². The molecule has 0 saturated heterocycles. The smallest absolute Gasteiger partial charge is 0.248 e. The van der Waals surface area contributed by atoms with Gasteiger partial charge in [0.2, 0.25) is 5.92 Å². The first-order valence-electron chi connectivity index (χ1n) is 8.55. The van der Waals surface area contributed by atoms with Gasteiger partial charge in [-0.05, 0) is 24.8 Å². The molecular weight excluding hydrogens is 329 g/mol. The predicted octanol–water partition coefficient (Wildman–Crippen LogP) is 5.10. The minimum absolute atomic E-state index is 0.0539. The number of aromatic amines is 1. The number of nitrogens with one attached hydrogen (secondary N) is 1. The second kappa shape index (κ2) is 7.02. The SMILES string of the molecule is CC(CC(=O)C1CCC(F)(F)CC1)c1c(F)cccc1-c1cnc[nH]1. The van der Waals surface area contributed by atoms with Crippen LogP contribution in [0.5, 0.6) is 0 Å². The monoisotopic (exact) mass is 350 g/mol. The molecule has 0 radical (unpaired) electrons. The third-order valence-corrected chi connectivity index (χ3v) is 5.01. The van der Waals surface area contributed by atoms with Crippen molar-refractivity contribution >= 4 is 5.78 Å². The average molecular weight is 350 g/mol. The highest BCUT2D eigenvalue weighted by Crippen LogP contribution is 2.39. The Morgan fingerprint density at radius 3 is 2.72 bits per heavy atom. The van der Waals surface area contributed by atoms with Crippen LogP contribution in [0.4, 0.5) is 13.2 Å². The first-order valence-corrected chi connectivity index (χ1v) is 8.55. The van der Waals surface area contributed by atoms with Gasteiger partial charge >= 0.3 is 0 Å². The standard InChI is InChI=1S/C19H21F3N2O/c1-12(9-17(25)13-5-7-19(21,22)8-6-13)18-14(3-2-4-15(18)20)16-10-23-11-24-16/h2-4,10-13H,5-9H2,1H3,(H,23,24). The van der Waals surface area contributed by atoms with Gasteiger partial charge in [-0.15, -0.1) is 0 Å². The highest BCUT2D eigenvalue weighted by Gasteiger charge is 2.37. The van der Waals surface area contributed by atoms with Crippen LogP contribution in [0.1, 0.15) is 50.5 Å². The van der Waals surface area contributed by atoms with Gasteiger partial charge in [0.1, 0.15) is 11.6 Å². The number of imidazole rings is 1. The Morgan fingerprint density at radius 1 is 1.36 bits per heavy atom. The van der Waals surface area contributed by atoms with Crippen molar-refractivity contribution in [2.75, 3.05) is 0 Å². The number of hydrogen-bond acceptors (Lipinski definition) is 2. The van der Waals surface area contributed by atoms with Crippen molar-refractivity contribution in [2.24, 2.45) is 5.92 Å². The molecule has 3 nitrogen and oxygen atoms in total. The average Bonchev–Trinajstić information content (AvgIpc) is 3.08. The predicted molar refractivity (Wildman–Crippen MR) is 88.9 cm³/mol. The number of hydrogen-bond donors (Lipinski definition) is 1. The topological polar surface area (TPSA) is 45.8 Å². The number of alkyl halides is 2. The Morgan fingerprint density at radius 2 is 2.08 bits per heavy atom. The third-order valence-electron chi connectivity index (χ3n) is 5.01. The van der Waals surface area contributed by atoms with Crippen LogP contribution in [0.2, 0.25) is 0 Å². The number of benzene rings is 1.